The number of hydrogen-bond donors (Lipinski definition) is 1. The number of nitrogens with one attached hydrogen (secondary N) is 1. The maximum absolute atomic E-state index is 11.3. The lowest BCUT2D eigenvalue weighted by Crippen LogP contribution is -2.16. The zero-order valence-corrected chi connectivity index (χ0v) is 13.6. The number of ether oxygens (including phenoxy) is 3. The van der Waals surface area contributed by atoms with E-state index in [1.165, 1.54) is 18.9 Å². The van der Waals surface area contributed by atoms with Gasteiger partial charge in [-0.05, 0) is 36.8 Å². The molecule has 22 heavy (non-hydrogen) atoms. The number of benzene rings is 1. The summed E-state index contributed by atoms with van der Waals surface area (Å²) in [6.45, 7) is 0.667. The number of rotatable bonds is 3. The fraction of sp³-hybridized carbons (Fsp3) is 0.400. The lowest BCUT2D eigenvalue weighted by atomic mass is 10.0. The van der Waals surface area contributed by atoms with Crippen LogP contribution >= 0.6 is 11.8 Å². The van der Waals surface area contributed by atoms with Gasteiger partial charge in [-0.3, -0.25) is 5.41 Å². The number of thioether (sulfide) groups is 1. The molecule has 1 aromatic rings. The maximum Gasteiger partial charge on any atom is 0.434 e. The van der Waals surface area contributed by atoms with Gasteiger partial charge in [0.15, 0.2) is 11.5 Å². The minimum absolute atomic E-state index is 0.157. The van der Waals surface area contributed by atoms with Crippen molar-refractivity contribution >= 4 is 28.6 Å². The molecule has 0 aromatic heterocycles. The number of amides is 1. The number of fused-ring (bicyclic) bond motifs is 1. The lowest BCUT2D eigenvalue weighted by molar-refractivity contribution is 0.183. The Kier molecular flexibility index (Phi) is 5.43. The quantitative estimate of drug-likeness (QED) is 0.683. The maximum atomic E-state index is 11.3. The summed E-state index contributed by atoms with van der Waals surface area (Å²) in [4.78, 5) is 15.1. The molecule has 0 spiro atoms. The van der Waals surface area contributed by atoms with E-state index in [9.17, 15) is 4.79 Å². The van der Waals surface area contributed by atoms with Crippen LogP contribution in [0.25, 0.3) is 0 Å². The molecular weight excluding hydrogens is 304 g/mol. The number of hydrogen-bond acceptors (Lipinski definition) is 6. The highest BCUT2D eigenvalue weighted by atomic mass is 32.2. The molecule has 0 unspecified atom stereocenters. The van der Waals surface area contributed by atoms with E-state index in [2.05, 4.69) is 9.73 Å². The van der Waals surface area contributed by atoms with Crippen LogP contribution in [0.4, 0.5) is 4.79 Å². The second-order valence-electron chi connectivity index (χ2n) is 4.58. The Morgan fingerprint density at radius 3 is 2.82 bits per heavy atom. The molecule has 2 rings (SSSR count). The molecule has 6 nitrogen and oxygen atoms in total. The van der Waals surface area contributed by atoms with Gasteiger partial charge < -0.3 is 14.2 Å². The molecule has 0 radical (unpaired) electrons. The molecule has 0 saturated heterocycles. The van der Waals surface area contributed by atoms with Crippen molar-refractivity contribution in [3.05, 3.63) is 23.3 Å². The summed E-state index contributed by atoms with van der Waals surface area (Å²) in [6, 6.07) is 3.62. The van der Waals surface area contributed by atoms with Crippen molar-refractivity contribution in [3.8, 4) is 11.5 Å². The molecule has 1 amide bonds. The minimum Gasteiger partial charge on any atom is -0.493 e. The Bertz CT molecular complexity index is 611. The van der Waals surface area contributed by atoms with E-state index in [1.807, 2.05) is 6.07 Å². The van der Waals surface area contributed by atoms with Gasteiger partial charge in [0.2, 0.25) is 0 Å². The van der Waals surface area contributed by atoms with Crippen molar-refractivity contribution in [2.45, 2.75) is 12.8 Å². The summed E-state index contributed by atoms with van der Waals surface area (Å²) in [5.74, 6) is 1.33. The van der Waals surface area contributed by atoms with Crippen LogP contribution in [0.1, 0.15) is 17.5 Å². The van der Waals surface area contributed by atoms with E-state index in [0.717, 1.165) is 24.2 Å². The Labute approximate surface area is 133 Å². The number of carbonyl (C=O) groups is 1. The Balaban J connectivity index is 2.41. The molecule has 1 N–H and O–H groups in total. The van der Waals surface area contributed by atoms with Gasteiger partial charge in [-0.1, -0.05) is 0 Å². The Hall–Kier alpha value is -2.02. The van der Waals surface area contributed by atoms with Crippen LogP contribution in [0.5, 0.6) is 11.5 Å². The van der Waals surface area contributed by atoms with Crippen molar-refractivity contribution in [2.24, 2.45) is 4.99 Å². The van der Waals surface area contributed by atoms with Crippen LogP contribution in [0.2, 0.25) is 0 Å². The first kappa shape index (κ1) is 16.4. The zero-order chi connectivity index (χ0) is 16.1. The smallest absolute Gasteiger partial charge is 0.434 e. The third-order valence-corrected chi connectivity index (χ3v) is 3.93. The first-order valence-electron chi connectivity index (χ1n) is 6.74. The highest BCUT2D eigenvalue weighted by Crippen LogP contribution is 2.36. The van der Waals surface area contributed by atoms with E-state index in [-0.39, 0.29) is 5.71 Å². The van der Waals surface area contributed by atoms with Gasteiger partial charge in [0.1, 0.15) is 5.04 Å². The third kappa shape index (κ3) is 3.41. The molecule has 7 heteroatoms. The first-order chi connectivity index (χ1) is 10.6. The van der Waals surface area contributed by atoms with Crippen LogP contribution < -0.4 is 9.47 Å². The number of aryl methyl sites for hydroxylation is 1. The van der Waals surface area contributed by atoms with Crippen LogP contribution in [-0.2, 0) is 11.2 Å². The third-order valence-electron chi connectivity index (χ3n) is 3.25. The van der Waals surface area contributed by atoms with Crippen molar-refractivity contribution < 1.29 is 19.0 Å². The fourth-order valence-corrected chi connectivity index (χ4v) is 2.69. The highest BCUT2D eigenvalue weighted by molar-refractivity contribution is 8.15. The number of nitrogens with zero attached hydrogens (tertiary/aromatic N) is 1. The molecule has 0 fully saturated rings. The van der Waals surface area contributed by atoms with E-state index in [4.69, 9.17) is 14.9 Å². The van der Waals surface area contributed by atoms with Crippen LogP contribution in [-0.4, -0.2) is 43.9 Å². The minimum atomic E-state index is -0.720. The Morgan fingerprint density at radius 2 is 2.18 bits per heavy atom. The van der Waals surface area contributed by atoms with Crippen molar-refractivity contribution in [1.29, 1.82) is 5.41 Å². The standard InChI is InChI=1S/C15H18N2O4S/c1-19-11-8-10(7-9-5-4-6-21-13(9)11)12(16)14(22-3)17-15(18)20-2/h7-8,16H,4-6H2,1-3H3. The van der Waals surface area contributed by atoms with E-state index in [0.29, 0.717) is 23.0 Å². The molecule has 0 aliphatic carbocycles. The average molecular weight is 322 g/mol. The van der Waals surface area contributed by atoms with Crippen LogP contribution in [0, 0.1) is 5.41 Å². The van der Waals surface area contributed by atoms with Gasteiger partial charge in [-0.2, -0.15) is 4.99 Å². The van der Waals surface area contributed by atoms with E-state index in [1.54, 1.807) is 19.4 Å². The van der Waals surface area contributed by atoms with Gasteiger partial charge in [0.05, 0.1) is 26.5 Å². The van der Waals surface area contributed by atoms with Crippen LogP contribution in [0.15, 0.2) is 17.1 Å². The van der Waals surface area contributed by atoms with Gasteiger partial charge >= 0.3 is 6.09 Å². The molecule has 1 aliphatic rings. The van der Waals surface area contributed by atoms with Crippen molar-refractivity contribution in [1.82, 2.24) is 0 Å². The largest absolute Gasteiger partial charge is 0.493 e. The Morgan fingerprint density at radius 1 is 1.41 bits per heavy atom. The van der Waals surface area contributed by atoms with Gasteiger partial charge in [0, 0.05) is 5.56 Å². The molecule has 118 valence electrons. The molecule has 0 saturated carbocycles. The van der Waals surface area contributed by atoms with Gasteiger partial charge in [-0.15, -0.1) is 11.8 Å². The SMILES string of the molecule is COC(=O)N=C(SC)C(=N)c1cc2c(c(OC)c1)OCCC2. The summed E-state index contributed by atoms with van der Waals surface area (Å²) in [5, 5.41) is 8.59. The van der Waals surface area contributed by atoms with Gasteiger partial charge in [-0.25, -0.2) is 4.79 Å². The second-order valence-corrected chi connectivity index (χ2v) is 5.38. The van der Waals surface area contributed by atoms with Gasteiger partial charge in [0.25, 0.3) is 0 Å². The number of aliphatic imine (C=N–C) groups is 1. The molecular formula is C15H18N2O4S. The molecule has 0 atom stereocenters. The fourth-order valence-electron chi connectivity index (χ4n) is 2.20. The number of carbonyl (C=O) groups excluding carboxylic acids is 1. The van der Waals surface area contributed by atoms with Crippen LogP contribution in [0.3, 0.4) is 0 Å². The normalized spacial score (nSPS) is 13.9. The first-order valence-corrected chi connectivity index (χ1v) is 7.96. The summed E-state index contributed by atoms with van der Waals surface area (Å²) in [7, 11) is 2.83. The summed E-state index contributed by atoms with van der Waals surface area (Å²) < 4.78 is 15.5. The highest BCUT2D eigenvalue weighted by Gasteiger charge is 2.20. The molecule has 1 heterocycles. The summed E-state index contributed by atoms with van der Waals surface area (Å²) in [5.41, 5.74) is 1.80. The van der Waals surface area contributed by atoms with E-state index >= 15 is 0 Å². The molecule has 1 aromatic carbocycles. The topological polar surface area (TPSA) is 81.0 Å². The predicted octanol–water partition coefficient (Wildman–Crippen LogP) is 2.92. The average Bonchev–Trinajstić information content (AvgIpc) is 2.57. The zero-order valence-electron chi connectivity index (χ0n) is 12.8. The lowest BCUT2D eigenvalue weighted by Gasteiger charge is -2.21. The second kappa shape index (κ2) is 7.31. The summed E-state index contributed by atoms with van der Waals surface area (Å²) in [6.07, 6.45) is 2.84. The van der Waals surface area contributed by atoms with Crippen molar-refractivity contribution in [3.63, 3.8) is 0 Å². The monoisotopic (exact) mass is 322 g/mol. The molecule has 0 bridgehead atoms. The van der Waals surface area contributed by atoms with Crippen molar-refractivity contribution in [2.75, 3.05) is 27.1 Å². The predicted molar refractivity (Wildman–Crippen MR) is 87.0 cm³/mol. The summed E-state index contributed by atoms with van der Waals surface area (Å²) >= 11 is 1.22. The van der Waals surface area contributed by atoms with E-state index < -0.39 is 6.09 Å². The number of methoxy groups -OCH3 is 2. The molecule has 1 aliphatic heterocycles.